The van der Waals surface area contributed by atoms with Crippen LogP contribution in [0.2, 0.25) is 0 Å². The van der Waals surface area contributed by atoms with E-state index in [0.29, 0.717) is 5.56 Å². The molecule has 0 aliphatic carbocycles. The molecule has 0 saturated carbocycles. The highest BCUT2D eigenvalue weighted by atomic mass is 16.4. The fraction of sp³-hybridized carbons (Fsp3) is 0.211. The van der Waals surface area contributed by atoms with E-state index in [1.807, 2.05) is 36.4 Å². The van der Waals surface area contributed by atoms with E-state index in [2.05, 4.69) is 24.2 Å². The summed E-state index contributed by atoms with van der Waals surface area (Å²) in [5, 5.41) is 17.8. The van der Waals surface area contributed by atoms with E-state index in [9.17, 15) is 9.90 Å². The van der Waals surface area contributed by atoms with Crippen molar-refractivity contribution in [1.29, 1.82) is 0 Å². The minimum Gasteiger partial charge on any atom is -0.478 e. The van der Waals surface area contributed by atoms with Crippen LogP contribution in [0.1, 0.15) is 41.4 Å². The van der Waals surface area contributed by atoms with Crippen molar-refractivity contribution in [2.45, 2.75) is 26.7 Å². The topological polar surface area (TPSA) is 68.0 Å². The number of benzene rings is 2. The minimum absolute atomic E-state index is 0.230. The molecule has 3 rings (SSSR count). The Labute approximate surface area is 140 Å². The van der Waals surface area contributed by atoms with E-state index in [1.54, 1.807) is 23.9 Å². The molecule has 0 fully saturated rings. The van der Waals surface area contributed by atoms with Gasteiger partial charge in [-0.3, -0.25) is 0 Å². The quantitative estimate of drug-likeness (QED) is 0.786. The van der Waals surface area contributed by atoms with Gasteiger partial charge in [-0.1, -0.05) is 49.4 Å². The van der Waals surface area contributed by atoms with Crippen LogP contribution in [0.5, 0.6) is 0 Å². The van der Waals surface area contributed by atoms with E-state index in [1.165, 1.54) is 0 Å². The lowest BCUT2D eigenvalue weighted by Gasteiger charge is -2.15. The molecule has 24 heavy (non-hydrogen) atoms. The van der Waals surface area contributed by atoms with Crippen molar-refractivity contribution < 1.29 is 9.90 Å². The van der Waals surface area contributed by atoms with Gasteiger partial charge in [0.25, 0.3) is 0 Å². The van der Waals surface area contributed by atoms with Gasteiger partial charge in [-0.25, -0.2) is 9.48 Å². The van der Waals surface area contributed by atoms with Crippen LogP contribution in [-0.4, -0.2) is 26.1 Å². The van der Waals surface area contributed by atoms with E-state index in [0.717, 1.165) is 22.5 Å². The summed E-state index contributed by atoms with van der Waals surface area (Å²) in [7, 11) is 0. The predicted octanol–water partition coefficient (Wildman–Crippen LogP) is 4.06. The van der Waals surface area contributed by atoms with Gasteiger partial charge in [-0.2, -0.15) is 0 Å². The number of carboxylic acids is 1. The number of aromatic nitrogens is 3. The Hall–Kier alpha value is -2.95. The first-order valence-corrected chi connectivity index (χ1v) is 7.83. The maximum atomic E-state index is 11.7. The molecule has 2 aromatic carbocycles. The zero-order valence-corrected chi connectivity index (χ0v) is 13.9. The summed E-state index contributed by atoms with van der Waals surface area (Å²) in [6.07, 6.45) is 1.72. The molecule has 5 nitrogen and oxygen atoms in total. The summed E-state index contributed by atoms with van der Waals surface area (Å²) in [5.41, 5.74) is 4.45. The zero-order valence-electron chi connectivity index (χ0n) is 13.9. The molecule has 0 radical (unpaired) electrons. The number of carboxylic acid groups (broad SMARTS) is 1. The highest BCUT2D eigenvalue weighted by Crippen LogP contribution is 2.29. The predicted molar refractivity (Wildman–Crippen MR) is 92.6 cm³/mol. The Balaban J connectivity index is 2.27. The van der Waals surface area contributed by atoms with Gasteiger partial charge in [0.2, 0.25) is 0 Å². The van der Waals surface area contributed by atoms with Crippen LogP contribution in [0.25, 0.3) is 16.8 Å². The van der Waals surface area contributed by atoms with Crippen molar-refractivity contribution in [3.8, 4) is 16.8 Å². The molecule has 0 aliphatic rings. The minimum atomic E-state index is -0.947. The van der Waals surface area contributed by atoms with Gasteiger partial charge >= 0.3 is 5.97 Å². The lowest BCUT2D eigenvalue weighted by molar-refractivity contribution is 0.0696. The Morgan fingerprint density at radius 2 is 1.83 bits per heavy atom. The van der Waals surface area contributed by atoms with Crippen molar-refractivity contribution >= 4 is 5.97 Å². The number of rotatable bonds is 4. The first-order chi connectivity index (χ1) is 11.5. The standard InChI is InChI=1S/C19H19N3O2/c1-12(2)18-11-20-21-22(18)17-10-15(14-7-5-4-6-8-14)9-16(13(17)3)19(23)24/h4-12H,1-3H3,(H,23,24). The van der Waals surface area contributed by atoms with Gasteiger partial charge < -0.3 is 5.11 Å². The molecule has 0 aliphatic heterocycles. The highest BCUT2D eigenvalue weighted by Gasteiger charge is 2.18. The molecular formula is C19H19N3O2. The second kappa shape index (κ2) is 6.28. The van der Waals surface area contributed by atoms with Crippen molar-refractivity contribution in [2.24, 2.45) is 0 Å². The normalized spacial score (nSPS) is 11.0. The average Bonchev–Trinajstić information content (AvgIpc) is 3.05. The Morgan fingerprint density at radius 1 is 1.12 bits per heavy atom. The number of carbonyl (C=O) groups is 1. The molecule has 0 saturated heterocycles. The second-order valence-electron chi connectivity index (χ2n) is 6.06. The summed E-state index contributed by atoms with van der Waals surface area (Å²) < 4.78 is 1.74. The van der Waals surface area contributed by atoms with Crippen LogP contribution in [0.15, 0.2) is 48.7 Å². The van der Waals surface area contributed by atoms with Crippen LogP contribution in [0, 0.1) is 6.92 Å². The maximum Gasteiger partial charge on any atom is 0.336 e. The molecule has 0 unspecified atom stereocenters. The van der Waals surface area contributed by atoms with Gasteiger partial charge in [0.1, 0.15) is 0 Å². The highest BCUT2D eigenvalue weighted by molar-refractivity contribution is 5.92. The number of hydrogen-bond acceptors (Lipinski definition) is 3. The fourth-order valence-electron chi connectivity index (χ4n) is 2.76. The van der Waals surface area contributed by atoms with Crippen LogP contribution >= 0.6 is 0 Å². The van der Waals surface area contributed by atoms with Crippen molar-refractivity contribution in [3.63, 3.8) is 0 Å². The molecule has 0 bridgehead atoms. The van der Waals surface area contributed by atoms with Crippen molar-refractivity contribution in [2.75, 3.05) is 0 Å². The third kappa shape index (κ3) is 2.80. The first kappa shape index (κ1) is 15.9. The van der Waals surface area contributed by atoms with Crippen LogP contribution in [0.4, 0.5) is 0 Å². The molecule has 0 amide bonds. The molecule has 1 aromatic heterocycles. The molecule has 0 atom stereocenters. The second-order valence-corrected chi connectivity index (χ2v) is 6.06. The number of aromatic carboxylic acids is 1. The SMILES string of the molecule is Cc1c(C(=O)O)cc(-c2ccccc2)cc1-n1nncc1C(C)C. The summed E-state index contributed by atoms with van der Waals surface area (Å²) in [4.78, 5) is 11.7. The molecule has 122 valence electrons. The molecule has 3 aromatic rings. The summed E-state index contributed by atoms with van der Waals surface area (Å²) >= 11 is 0. The van der Waals surface area contributed by atoms with Crippen LogP contribution < -0.4 is 0 Å². The maximum absolute atomic E-state index is 11.7. The Bertz CT molecular complexity index is 883. The lowest BCUT2D eigenvalue weighted by atomic mass is 9.97. The lowest BCUT2D eigenvalue weighted by Crippen LogP contribution is -2.10. The summed E-state index contributed by atoms with van der Waals surface area (Å²) in [6.45, 7) is 5.92. The van der Waals surface area contributed by atoms with E-state index in [-0.39, 0.29) is 11.5 Å². The Kier molecular flexibility index (Phi) is 4.16. The molecule has 5 heteroatoms. The zero-order chi connectivity index (χ0) is 17.3. The molecule has 1 N–H and O–H groups in total. The van der Waals surface area contributed by atoms with Crippen molar-refractivity contribution in [1.82, 2.24) is 15.0 Å². The summed E-state index contributed by atoms with van der Waals surface area (Å²) in [6, 6.07) is 13.4. The molecule has 0 spiro atoms. The molecule has 1 heterocycles. The monoisotopic (exact) mass is 321 g/mol. The fourth-order valence-corrected chi connectivity index (χ4v) is 2.76. The first-order valence-electron chi connectivity index (χ1n) is 7.83. The van der Waals surface area contributed by atoms with Gasteiger partial charge in [-0.05, 0) is 41.7 Å². The summed E-state index contributed by atoms with van der Waals surface area (Å²) in [5.74, 6) is -0.717. The van der Waals surface area contributed by atoms with Gasteiger partial charge in [0, 0.05) is 0 Å². The van der Waals surface area contributed by atoms with Crippen molar-refractivity contribution in [3.05, 3.63) is 65.5 Å². The van der Waals surface area contributed by atoms with Gasteiger partial charge in [0.15, 0.2) is 0 Å². The number of hydrogen-bond donors (Lipinski definition) is 1. The third-order valence-electron chi connectivity index (χ3n) is 4.11. The smallest absolute Gasteiger partial charge is 0.336 e. The molecular weight excluding hydrogens is 302 g/mol. The van der Waals surface area contributed by atoms with Crippen LogP contribution in [0.3, 0.4) is 0 Å². The third-order valence-corrected chi connectivity index (χ3v) is 4.11. The van der Waals surface area contributed by atoms with E-state index >= 15 is 0 Å². The largest absolute Gasteiger partial charge is 0.478 e. The Morgan fingerprint density at radius 3 is 2.46 bits per heavy atom. The van der Waals surface area contributed by atoms with Gasteiger partial charge in [0.05, 0.1) is 23.1 Å². The van der Waals surface area contributed by atoms with Gasteiger partial charge in [-0.15, -0.1) is 5.10 Å². The average molecular weight is 321 g/mol. The van der Waals surface area contributed by atoms with E-state index in [4.69, 9.17) is 0 Å². The number of nitrogens with zero attached hydrogens (tertiary/aromatic N) is 3. The van der Waals surface area contributed by atoms with E-state index < -0.39 is 5.97 Å². The van der Waals surface area contributed by atoms with Crippen LogP contribution in [-0.2, 0) is 0 Å².